The zero-order valence-electron chi connectivity index (χ0n) is 18.0. The Bertz CT molecular complexity index is 1020. The summed E-state index contributed by atoms with van der Waals surface area (Å²) in [6, 6.07) is 18.8. The van der Waals surface area contributed by atoms with E-state index in [1.807, 2.05) is 65.6 Å². The van der Waals surface area contributed by atoms with Gasteiger partial charge in [-0.25, -0.2) is 0 Å². The predicted octanol–water partition coefficient (Wildman–Crippen LogP) is 5.27. The van der Waals surface area contributed by atoms with E-state index in [2.05, 4.69) is 13.8 Å². The fourth-order valence-electron chi connectivity index (χ4n) is 3.75. The Kier molecular flexibility index (Phi) is 7.23. The third-order valence-electron chi connectivity index (χ3n) is 5.23. The Labute approximate surface area is 178 Å². The molecule has 0 aromatic heterocycles. The molecule has 0 unspecified atom stereocenters. The number of amides is 1. The second kappa shape index (κ2) is 10.1. The molecule has 0 aliphatic heterocycles. The van der Waals surface area contributed by atoms with Crippen molar-refractivity contribution in [2.45, 2.75) is 33.1 Å². The fourth-order valence-corrected chi connectivity index (χ4v) is 3.75. The van der Waals surface area contributed by atoms with Gasteiger partial charge in [0.25, 0.3) is 0 Å². The van der Waals surface area contributed by atoms with Gasteiger partial charge < -0.3 is 9.64 Å². The molecule has 0 fully saturated rings. The van der Waals surface area contributed by atoms with Crippen molar-refractivity contribution in [3.05, 3.63) is 77.4 Å². The van der Waals surface area contributed by atoms with Crippen LogP contribution in [0.25, 0.3) is 10.8 Å². The summed E-state index contributed by atoms with van der Waals surface area (Å²) in [6.07, 6.45) is 2.11. The summed E-state index contributed by atoms with van der Waals surface area (Å²) in [6.45, 7) is 5.65. The van der Waals surface area contributed by atoms with Crippen LogP contribution in [0, 0.1) is 0 Å². The monoisotopic (exact) mass is 403 g/mol. The molecule has 3 aromatic carbocycles. The number of carbonyl (C=O) groups is 2. The minimum absolute atomic E-state index is 0.0408. The van der Waals surface area contributed by atoms with Crippen LogP contribution in [0.4, 0.5) is 0 Å². The highest BCUT2D eigenvalue weighted by Crippen LogP contribution is 2.28. The van der Waals surface area contributed by atoms with Gasteiger partial charge in [-0.1, -0.05) is 50.2 Å². The SMILES string of the molecule is CCCN(CCC)C(=O)Cc1cc(C(=O)c2ccccc2)cc2ccc(OC)cc12. The highest BCUT2D eigenvalue weighted by molar-refractivity contribution is 6.11. The molecular weight excluding hydrogens is 374 g/mol. The van der Waals surface area contributed by atoms with Crippen LogP contribution in [0.2, 0.25) is 0 Å². The topological polar surface area (TPSA) is 46.6 Å². The molecule has 0 N–H and O–H groups in total. The summed E-state index contributed by atoms with van der Waals surface area (Å²) in [5, 5.41) is 1.87. The van der Waals surface area contributed by atoms with E-state index >= 15 is 0 Å². The van der Waals surface area contributed by atoms with E-state index in [1.165, 1.54) is 0 Å². The Balaban J connectivity index is 2.05. The molecule has 0 aliphatic rings. The minimum atomic E-state index is -0.0408. The fraction of sp³-hybridized carbons (Fsp3) is 0.308. The Morgan fingerprint density at radius 2 is 1.57 bits per heavy atom. The highest BCUT2D eigenvalue weighted by Gasteiger charge is 2.18. The quantitative estimate of drug-likeness (QED) is 0.457. The van der Waals surface area contributed by atoms with Crippen LogP contribution in [0.5, 0.6) is 5.75 Å². The molecule has 0 saturated heterocycles. The third-order valence-corrected chi connectivity index (χ3v) is 5.23. The van der Waals surface area contributed by atoms with Gasteiger partial charge in [0.2, 0.25) is 5.91 Å². The predicted molar refractivity (Wildman–Crippen MR) is 121 cm³/mol. The number of ether oxygens (including phenoxy) is 1. The van der Waals surface area contributed by atoms with Gasteiger partial charge >= 0.3 is 0 Å². The number of ketones is 1. The highest BCUT2D eigenvalue weighted by atomic mass is 16.5. The lowest BCUT2D eigenvalue weighted by Crippen LogP contribution is -2.33. The van der Waals surface area contributed by atoms with Crippen LogP contribution in [0.3, 0.4) is 0 Å². The molecule has 3 aromatic rings. The van der Waals surface area contributed by atoms with Crippen LogP contribution >= 0.6 is 0 Å². The Hall–Kier alpha value is -3.14. The first kappa shape index (κ1) is 21.6. The minimum Gasteiger partial charge on any atom is -0.497 e. The van der Waals surface area contributed by atoms with Crippen LogP contribution < -0.4 is 4.74 Å². The standard InChI is InChI=1S/C26H29NO3/c1-4-13-27(14-5-2)25(28)17-21-16-22(26(29)19-9-7-6-8-10-19)15-20-11-12-23(30-3)18-24(20)21/h6-12,15-16,18H,4-5,13-14,17H2,1-3H3. The number of nitrogens with zero attached hydrogens (tertiary/aromatic N) is 1. The van der Waals surface area contributed by atoms with E-state index in [0.717, 1.165) is 48.0 Å². The molecule has 4 nitrogen and oxygen atoms in total. The van der Waals surface area contributed by atoms with Gasteiger partial charge in [-0.3, -0.25) is 9.59 Å². The van der Waals surface area contributed by atoms with Gasteiger partial charge in [0.05, 0.1) is 13.5 Å². The Morgan fingerprint density at radius 1 is 0.867 bits per heavy atom. The van der Waals surface area contributed by atoms with Crippen LogP contribution in [-0.2, 0) is 11.2 Å². The maximum Gasteiger partial charge on any atom is 0.227 e. The van der Waals surface area contributed by atoms with Crippen molar-refractivity contribution in [1.29, 1.82) is 0 Å². The number of rotatable bonds is 9. The molecule has 0 saturated carbocycles. The van der Waals surface area contributed by atoms with E-state index in [4.69, 9.17) is 4.74 Å². The van der Waals surface area contributed by atoms with Crippen molar-refractivity contribution in [3.63, 3.8) is 0 Å². The smallest absolute Gasteiger partial charge is 0.227 e. The van der Waals surface area contributed by atoms with E-state index in [-0.39, 0.29) is 18.1 Å². The van der Waals surface area contributed by atoms with Crippen LogP contribution in [0.15, 0.2) is 60.7 Å². The van der Waals surface area contributed by atoms with Crippen LogP contribution in [0.1, 0.15) is 48.2 Å². The number of hydrogen-bond donors (Lipinski definition) is 0. The molecule has 3 rings (SSSR count). The van der Waals surface area contributed by atoms with Crippen molar-refractivity contribution in [3.8, 4) is 5.75 Å². The molecule has 0 atom stereocenters. The summed E-state index contributed by atoms with van der Waals surface area (Å²) in [4.78, 5) is 28.0. The van der Waals surface area contributed by atoms with Gasteiger partial charge in [0.1, 0.15) is 5.75 Å². The van der Waals surface area contributed by atoms with Crippen molar-refractivity contribution in [2.24, 2.45) is 0 Å². The maximum atomic E-state index is 13.1. The molecule has 1 amide bonds. The summed E-state index contributed by atoms with van der Waals surface area (Å²) < 4.78 is 5.39. The van der Waals surface area contributed by atoms with Gasteiger partial charge in [0, 0.05) is 24.2 Å². The first-order valence-electron chi connectivity index (χ1n) is 10.6. The molecular formula is C26H29NO3. The zero-order chi connectivity index (χ0) is 21.5. The number of hydrogen-bond acceptors (Lipinski definition) is 3. The molecule has 0 radical (unpaired) electrons. The lowest BCUT2D eigenvalue weighted by Gasteiger charge is -2.22. The molecule has 0 bridgehead atoms. The van der Waals surface area contributed by atoms with Gasteiger partial charge in [-0.2, -0.15) is 0 Å². The molecule has 30 heavy (non-hydrogen) atoms. The third kappa shape index (κ3) is 4.88. The maximum absolute atomic E-state index is 13.1. The molecule has 0 heterocycles. The second-order valence-electron chi connectivity index (χ2n) is 7.48. The lowest BCUT2D eigenvalue weighted by atomic mass is 9.94. The van der Waals surface area contributed by atoms with Gasteiger partial charge in [0.15, 0.2) is 5.78 Å². The molecule has 0 spiro atoms. The number of carbonyl (C=O) groups excluding carboxylic acids is 2. The van der Waals surface area contributed by atoms with E-state index in [0.29, 0.717) is 11.1 Å². The van der Waals surface area contributed by atoms with E-state index in [1.54, 1.807) is 7.11 Å². The summed E-state index contributed by atoms with van der Waals surface area (Å²) in [5.41, 5.74) is 2.09. The lowest BCUT2D eigenvalue weighted by molar-refractivity contribution is -0.130. The summed E-state index contributed by atoms with van der Waals surface area (Å²) >= 11 is 0. The van der Waals surface area contributed by atoms with Gasteiger partial charge in [-0.15, -0.1) is 0 Å². The second-order valence-corrected chi connectivity index (χ2v) is 7.48. The normalized spacial score (nSPS) is 10.8. The first-order chi connectivity index (χ1) is 14.6. The summed E-state index contributed by atoms with van der Waals surface area (Å²) in [5.74, 6) is 0.783. The van der Waals surface area contributed by atoms with E-state index < -0.39 is 0 Å². The van der Waals surface area contributed by atoms with Crippen molar-refractivity contribution in [1.82, 2.24) is 4.90 Å². The largest absolute Gasteiger partial charge is 0.497 e. The van der Waals surface area contributed by atoms with Crippen molar-refractivity contribution in [2.75, 3.05) is 20.2 Å². The van der Waals surface area contributed by atoms with Gasteiger partial charge in [-0.05, 0) is 53.4 Å². The average molecular weight is 404 g/mol. The summed E-state index contributed by atoms with van der Waals surface area (Å²) in [7, 11) is 1.63. The number of fused-ring (bicyclic) bond motifs is 1. The Morgan fingerprint density at radius 3 is 2.20 bits per heavy atom. The van der Waals surface area contributed by atoms with Crippen molar-refractivity contribution >= 4 is 22.5 Å². The zero-order valence-corrected chi connectivity index (χ0v) is 18.0. The van der Waals surface area contributed by atoms with Crippen molar-refractivity contribution < 1.29 is 14.3 Å². The average Bonchev–Trinajstić information content (AvgIpc) is 2.78. The molecule has 0 aliphatic carbocycles. The van der Waals surface area contributed by atoms with Crippen LogP contribution in [-0.4, -0.2) is 36.8 Å². The number of benzene rings is 3. The number of methoxy groups -OCH3 is 1. The molecule has 156 valence electrons. The first-order valence-corrected chi connectivity index (χ1v) is 10.6. The molecule has 4 heteroatoms. The van der Waals surface area contributed by atoms with E-state index in [9.17, 15) is 9.59 Å².